The van der Waals surface area contributed by atoms with Gasteiger partial charge in [-0.1, -0.05) is 36.4 Å². The van der Waals surface area contributed by atoms with Gasteiger partial charge in [-0.05, 0) is 35.7 Å². The maximum Gasteiger partial charge on any atom is 0.416 e. The molecule has 0 saturated carbocycles. The molecule has 0 aromatic heterocycles. The zero-order valence-electron chi connectivity index (χ0n) is 11.3. The van der Waals surface area contributed by atoms with Crippen molar-refractivity contribution in [1.82, 2.24) is 0 Å². The molecule has 0 aliphatic heterocycles. The molecule has 0 spiro atoms. The Morgan fingerprint density at radius 1 is 1.05 bits per heavy atom. The van der Waals surface area contributed by atoms with Gasteiger partial charge in [-0.15, -0.1) is 0 Å². The fourth-order valence-corrected chi connectivity index (χ4v) is 2.13. The lowest BCUT2D eigenvalue weighted by Gasteiger charge is -2.14. The van der Waals surface area contributed by atoms with Crippen LogP contribution in [0.25, 0.3) is 11.1 Å². The largest absolute Gasteiger partial charge is 0.416 e. The van der Waals surface area contributed by atoms with Gasteiger partial charge < -0.3 is 5.73 Å². The molecule has 5 heteroatoms. The van der Waals surface area contributed by atoms with Gasteiger partial charge in [0.25, 0.3) is 0 Å². The maximum absolute atomic E-state index is 12.6. The SMILES string of the molecule is CC(C(N)=O)c1ccccc1-c1ccc(C(F)(F)F)cc1. The quantitative estimate of drug-likeness (QED) is 0.914. The summed E-state index contributed by atoms with van der Waals surface area (Å²) in [4.78, 5) is 11.3. The van der Waals surface area contributed by atoms with E-state index < -0.39 is 23.6 Å². The van der Waals surface area contributed by atoms with Gasteiger partial charge in [0.15, 0.2) is 0 Å². The Morgan fingerprint density at radius 3 is 2.14 bits per heavy atom. The van der Waals surface area contributed by atoms with Gasteiger partial charge in [0.1, 0.15) is 0 Å². The first-order chi connectivity index (χ1) is 9.80. The molecule has 0 aliphatic rings. The minimum Gasteiger partial charge on any atom is -0.369 e. The van der Waals surface area contributed by atoms with Gasteiger partial charge in [0.05, 0.1) is 11.5 Å². The highest BCUT2D eigenvalue weighted by Gasteiger charge is 2.30. The molecule has 0 aliphatic carbocycles. The molecule has 0 bridgehead atoms. The van der Waals surface area contributed by atoms with Crippen LogP contribution in [0.2, 0.25) is 0 Å². The van der Waals surface area contributed by atoms with E-state index in [1.54, 1.807) is 31.2 Å². The van der Waals surface area contributed by atoms with E-state index in [9.17, 15) is 18.0 Å². The van der Waals surface area contributed by atoms with Crippen LogP contribution in [-0.2, 0) is 11.0 Å². The van der Waals surface area contributed by atoms with Gasteiger partial charge in [-0.3, -0.25) is 4.79 Å². The summed E-state index contributed by atoms with van der Waals surface area (Å²) in [7, 11) is 0. The van der Waals surface area contributed by atoms with Crippen LogP contribution in [0.1, 0.15) is 24.0 Å². The lowest BCUT2D eigenvalue weighted by molar-refractivity contribution is -0.137. The molecule has 2 aromatic rings. The lowest BCUT2D eigenvalue weighted by atomic mass is 9.91. The molecule has 2 nitrogen and oxygen atoms in total. The molecular weight excluding hydrogens is 279 g/mol. The second kappa shape index (κ2) is 5.60. The zero-order valence-corrected chi connectivity index (χ0v) is 11.3. The number of primary amides is 1. The van der Waals surface area contributed by atoms with Crippen LogP contribution in [0.15, 0.2) is 48.5 Å². The van der Waals surface area contributed by atoms with E-state index in [4.69, 9.17) is 5.73 Å². The van der Waals surface area contributed by atoms with Crippen molar-refractivity contribution >= 4 is 5.91 Å². The van der Waals surface area contributed by atoms with Crippen LogP contribution in [-0.4, -0.2) is 5.91 Å². The first-order valence-corrected chi connectivity index (χ1v) is 6.36. The number of alkyl halides is 3. The number of halogens is 3. The summed E-state index contributed by atoms with van der Waals surface area (Å²) in [5, 5.41) is 0. The van der Waals surface area contributed by atoms with Crippen LogP contribution in [0, 0.1) is 0 Å². The summed E-state index contributed by atoms with van der Waals surface area (Å²) in [5.41, 5.74) is 6.63. The zero-order chi connectivity index (χ0) is 15.6. The molecule has 0 saturated heterocycles. The van der Waals surface area contributed by atoms with Crippen molar-refractivity contribution in [3.8, 4) is 11.1 Å². The van der Waals surface area contributed by atoms with E-state index in [-0.39, 0.29) is 0 Å². The normalized spacial score (nSPS) is 13.0. The van der Waals surface area contributed by atoms with Crippen LogP contribution in [0.4, 0.5) is 13.2 Å². The number of nitrogens with two attached hydrogens (primary N) is 1. The van der Waals surface area contributed by atoms with Crippen molar-refractivity contribution in [3.05, 3.63) is 59.7 Å². The number of hydrogen-bond donors (Lipinski definition) is 1. The van der Waals surface area contributed by atoms with Gasteiger partial charge in [0.2, 0.25) is 5.91 Å². The second-order valence-corrected chi connectivity index (χ2v) is 4.79. The molecule has 1 unspecified atom stereocenters. The number of amides is 1. The third kappa shape index (κ3) is 3.24. The van der Waals surface area contributed by atoms with Crippen molar-refractivity contribution < 1.29 is 18.0 Å². The van der Waals surface area contributed by atoms with Gasteiger partial charge in [-0.25, -0.2) is 0 Å². The predicted molar refractivity (Wildman–Crippen MR) is 74.5 cm³/mol. The van der Waals surface area contributed by atoms with Crippen LogP contribution < -0.4 is 5.73 Å². The minimum absolute atomic E-state index is 0.477. The summed E-state index contributed by atoms with van der Waals surface area (Å²) >= 11 is 0. The topological polar surface area (TPSA) is 43.1 Å². The standard InChI is InChI=1S/C16H14F3NO/c1-10(15(20)21)13-4-2-3-5-14(13)11-6-8-12(9-7-11)16(17,18)19/h2-10H,1H3,(H2,20,21). The number of hydrogen-bond acceptors (Lipinski definition) is 1. The Kier molecular flexibility index (Phi) is 4.02. The monoisotopic (exact) mass is 293 g/mol. The summed E-state index contributed by atoms with van der Waals surface area (Å²) in [5.74, 6) is -0.988. The average Bonchev–Trinajstić information content (AvgIpc) is 2.45. The van der Waals surface area contributed by atoms with Crippen molar-refractivity contribution in [2.45, 2.75) is 19.0 Å². The first kappa shape index (κ1) is 15.1. The Morgan fingerprint density at radius 2 is 1.62 bits per heavy atom. The van der Waals surface area contributed by atoms with E-state index in [0.29, 0.717) is 16.7 Å². The van der Waals surface area contributed by atoms with Crippen LogP contribution in [0.3, 0.4) is 0 Å². The first-order valence-electron chi connectivity index (χ1n) is 6.36. The van der Waals surface area contributed by atoms with E-state index in [0.717, 1.165) is 12.1 Å². The molecule has 0 heterocycles. The van der Waals surface area contributed by atoms with E-state index in [2.05, 4.69) is 0 Å². The Hall–Kier alpha value is -2.30. The number of carbonyl (C=O) groups excluding carboxylic acids is 1. The Balaban J connectivity index is 2.45. The Bertz CT molecular complexity index is 647. The van der Waals surface area contributed by atoms with Crippen LogP contribution >= 0.6 is 0 Å². The summed E-state index contributed by atoms with van der Waals surface area (Å²) in [6.45, 7) is 1.67. The van der Waals surface area contributed by atoms with Crippen LogP contribution in [0.5, 0.6) is 0 Å². The fraction of sp³-hybridized carbons (Fsp3) is 0.188. The van der Waals surface area contributed by atoms with Gasteiger partial charge in [0, 0.05) is 0 Å². The van der Waals surface area contributed by atoms with Gasteiger partial charge in [-0.2, -0.15) is 13.2 Å². The third-order valence-electron chi connectivity index (χ3n) is 3.38. The molecule has 0 fully saturated rings. The van der Waals surface area contributed by atoms with E-state index in [1.807, 2.05) is 0 Å². The minimum atomic E-state index is -4.36. The molecule has 2 N–H and O–H groups in total. The fourth-order valence-electron chi connectivity index (χ4n) is 2.13. The maximum atomic E-state index is 12.6. The molecule has 1 amide bonds. The molecule has 2 aromatic carbocycles. The second-order valence-electron chi connectivity index (χ2n) is 4.79. The smallest absolute Gasteiger partial charge is 0.369 e. The Labute approximate surface area is 120 Å². The highest BCUT2D eigenvalue weighted by Crippen LogP contribution is 2.33. The molecule has 2 rings (SSSR count). The summed E-state index contributed by atoms with van der Waals surface area (Å²) in [6, 6.07) is 11.9. The summed E-state index contributed by atoms with van der Waals surface area (Å²) < 4.78 is 37.7. The molecule has 1 atom stereocenters. The van der Waals surface area contributed by atoms with Crippen molar-refractivity contribution in [1.29, 1.82) is 0 Å². The number of carbonyl (C=O) groups is 1. The average molecular weight is 293 g/mol. The third-order valence-corrected chi connectivity index (χ3v) is 3.38. The predicted octanol–water partition coefficient (Wildman–Crippen LogP) is 3.96. The van der Waals surface area contributed by atoms with Crippen molar-refractivity contribution in [3.63, 3.8) is 0 Å². The van der Waals surface area contributed by atoms with E-state index >= 15 is 0 Å². The lowest BCUT2D eigenvalue weighted by Crippen LogP contribution is -2.19. The van der Waals surface area contributed by atoms with E-state index in [1.165, 1.54) is 12.1 Å². The molecule has 110 valence electrons. The van der Waals surface area contributed by atoms with Crippen molar-refractivity contribution in [2.24, 2.45) is 5.73 Å². The number of benzene rings is 2. The molecule has 21 heavy (non-hydrogen) atoms. The molecular formula is C16H14F3NO. The summed E-state index contributed by atoms with van der Waals surface area (Å²) in [6.07, 6.45) is -4.36. The molecule has 0 radical (unpaired) electrons. The highest BCUT2D eigenvalue weighted by atomic mass is 19.4. The highest BCUT2D eigenvalue weighted by molar-refractivity contribution is 5.84. The van der Waals surface area contributed by atoms with Gasteiger partial charge >= 0.3 is 6.18 Å². The number of rotatable bonds is 3. The van der Waals surface area contributed by atoms with Crippen molar-refractivity contribution in [2.75, 3.05) is 0 Å².